The maximum atomic E-state index is 11.9. The molecule has 0 saturated carbocycles. The van der Waals surface area contributed by atoms with E-state index in [9.17, 15) is 13.2 Å². The van der Waals surface area contributed by atoms with Gasteiger partial charge < -0.3 is 5.32 Å². The molecule has 0 aliphatic carbocycles. The van der Waals surface area contributed by atoms with Crippen LogP contribution in [-0.2, 0) is 9.84 Å². The molecule has 0 aromatic carbocycles. The van der Waals surface area contributed by atoms with Gasteiger partial charge in [0.2, 0.25) is 0 Å². The van der Waals surface area contributed by atoms with Gasteiger partial charge in [0.1, 0.15) is 5.15 Å². The van der Waals surface area contributed by atoms with E-state index in [0.29, 0.717) is 17.4 Å². The third-order valence-corrected chi connectivity index (χ3v) is 5.50. The molecule has 5 nitrogen and oxygen atoms in total. The number of sulfone groups is 1. The van der Waals surface area contributed by atoms with Crippen LogP contribution in [0.1, 0.15) is 16.8 Å². The summed E-state index contributed by atoms with van der Waals surface area (Å²) in [5.41, 5.74) is 0.275. The van der Waals surface area contributed by atoms with Crippen LogP contribution in [0.5, 0.6) is 0 Å². The molecule has 0 spiro atoms. The van der Waals surface area contributed by atoms with Crippen LogP contribution in [0.2, 0.25) is 5.15 Å². The Hall–Kier alpha value is -0.660. The molecular weight excluding hydrogens is 356 g/mol. The minimum atomic E-state index is -2.92. The zero-order valence-electron chi connectivity index (χ0n) is 9.90. The van der Waals surface area contributed by atoms with Gasteiger partial charge in [-0.15, -0.1) is 0 Å². The smallest absolute Gasteiger partial charge is 0.254 e. The van der Waals surface area contributed by atoms with Crippen molar-refractivity contribution >= 4 is 43.3 Å². The quantitative estimate of drug-likeness (QED) is 0.824. The second-order valence-electron chi connectivity index (χ2n) is 4.47. The Balaban J connectivity index is 1.97. The van der Waals surface area contributed by atoms with Gasteiger partial charge >= 0.3 is 0 Å². The SMILES string of the molecule is O=C(NCC1CCS(=O)(=O)C1)c1cc(Br)cnc1Cl. The molecule has 0 radical (unpaired) electrons. The van der Waals surface area contributed by atoms with Gasteiger partial charge in [-0.1, -0.05) is 11.6 Å². The highest BCUT2D eigenvalue weighted by Crippen LogP contribution is 2.19. The fourth-order valence-corrected chi connectivity index (χ4v) is 4.33. The average Bonchev–Trinajstić information content (AvgIpc) is 2.69. The first-order valence-corrected chi connectivity index (χ1v) is 8.66. The highest BCUT2D eigenvalue weighted by molar-refractivity contribution is 9.10. The number of pyridine rings is 1. The molecule has 1 aliphatic heterocycles. The van der Waals surface area contributed by atoms with Crippen LogP contribution < -0.4 is 5.32 Å². The molecule has 1 amide bonds. The van der Waals surface area contributed by atoms with E-state index in [1.807, 2.05) is 0 Å². The number of carbonyl (C=O) groups excluding carboxylic acids is 1. The fourth-order valence-electron chi connectivity index (χ4n) is 1.95. The maximum Gasteiger partial charge on any atom is 0.254 e. The van der Waals surface area contributed by atoms with Gasteiger partial charge in [0.05, 0.1) is 17.1 Å². The maximum absolute atomic E-state index is 11.9. The predicted molar refractivity (Wildman–Crippen MR) is 76.0 cm³/mol. The summed E-state index contributed by atoms with van der Waals surface area (Å²) in [6.45, 7) is 0.334. The molecule has 1 aromatic heterocycles. The molecule has 1 N–H and O–H groups in total. The lowest BCUT2D eigenvalue weighted by Gasteiger charge is -2.10. The van der Waals surface area contributed by atoms with Gasteiger partial charge in [-0.2, -0.15) is 0 Å². The van der Waals surface area contributed by atoms with E-state index in [1.165, 1.54) is 6.20 Å². The van der Waals surface area contributed by atoms with Crippen LogP contribution in [0.3, 0.4) is 0 Å². The number of rotatable bonds is 3. The van der Waals surface area contributed by atoms with Crippen LogP contribution in [0.15, 0.2) is 16.7 Å². The van der Waals surface area contributed by atoms with Crippen molar-refractivity contribution in [2.75, 3.05) is 18.1 Å². The van der Waals surface area contributed by atoms with Crippen molar-refractivity contribution in [3.63, 3.8) is 0 Å². The molecule has 8 heteroatoms. The second kappa shape index (κ2) is 5.76. The topological polar surface area (TPSA) is 76.1 Å². The lowest BCUT2D eigenvalue weighted by atomic mass is 10.1. The number of hydrogen-bond donors (Lipinski definition) is 1. The number of hydrogen-bond acceptors (Lipinski definition) is 4. The summed E-state index contributed by atoms with van der Waals surface area (Å²) in [4.78, 5) is 15.8. The number of aromatic nitrogens is 1. The van der Waals surface area contributed by atoms with Gasteiger partial charge in [-0.05, 0) is 34.3 Å². The van der Waals surface area contributed by atoms with Gasteiger partial charge in [0.25, 0.3) is 5.91 Å². The van der Waals surface area contributed by atoms with Gasteiger partial charge in [-0.25, -0.2) is 13.4 Å². The molecule has 1 atom stereocenters. The molecule has 1 aromatic rings. The van der Waals surface area contributed by atoms with Gasteiger partial charge in [-0.3, -0.25) is 4.79 Å². The Kier molecular flexibility index (Phi) is 4.47. The zero-order valence-corrected chi connectivity index (χ0v) is 13.1. The van der Waals surface area contributed by atoms with E-state index in [0.717, 1.165) is 0 Å². The van der Waals surface area contributed by atoms with E-state index in [1.54, 1.807) is 6.07 Å². The summed E-state index contributed by atoms with van der Waals surface area (Å²) < 4.78 is 23.3. The first kappa shape index (κ1) is 14.7. The number of nitrogens with zero attached hydrogens (tertiary/aromatic N) is 1. The minimum Gasteiger partial charge on any atom is -0.352 e. The summed E-state index contributed by atoms with van der Waals surface area (Å²) in [5.74, 6) is -0.0271. The molecular formula is C11H12BrClN2O3S. The normalized spacial score (nSPS) is 21.3. The van der Waals surface area contributed by atoms with Gasteiger partial charge in [0, 0.05) is 17.2 Å². The molecule has 2 rings (SSSR count). The Bertz CT molecular complexity index is 606. The number of amides is 1. The molecule has 0 bridgehead atoms. The van der Waals surface area contributed by atoms with Crippen LogP contribution >= 0.6 is 27.5 Å². The average molecular weight is 368 g/mol. The number of halogens is 2. The Morgan fingerprint density at radius 3 is 2.95 bits per heavy atom. The van der Waals surface area contributed by atoms with Crippen LogP contribution in [-0.4, -0.2) is 37.4 Å². The molecule has 104 valence electrons. The lowest BCUT2D eigenvalue weighted by Crippen LogP contribution is -2.30. The van der Waals surface area contributed by atoms with E-state index in [4.69, 9.17) is 11.6 Å². The monoisotopic (exact) mass is 366 g/mol. The number of nitrogens with one attached hydrogen (secondary N) is 1. The predicted octanol–water partition coefficient (Wildman–Crippen LogP) is 1.66. The summed E-state index contributed by atoms with van der Waals surface area (Å²) >= 11 is 9.06. The zero-order chi connectivity index (χ0) is 14.0. The van der Waals surface area contributed by atoms with E-state index in [-0.39, 0.29) is 34.0 Å². The highest BCUT2D eigenvalue weighted by Gasteiger charge is 2.28. The van der Waals surface area contributed by atoms with E-state index < -0.39 is 9.84 Å². The third kappa shape index (κ3) is 3.90. The van der Waals surface area contributed by atoms with Crippen molar-refractivity contribution in [2.45, 2.75) is 6.42 Å². The summed E-state index contributed by atoms with van der Waals surface area (Å²) in [6.07, 6.45) is 2.09. The summed E-state index contributed by atoms with van der Waals surface area (Å²) in [6, 6.07) is 1.58. The first-order valence-electron chi connectivity index (χ1n) is 5.67. The van der Waals surface area contributed by atoms with Crippen molar-refractivity contribution in [3.05, 3.63) is 27.5 Å². The van der Waals surface area contributed by atoms with Crippen LogP contribution in [0, 0.1) is 5.92 Å². The van der Waals surface area contributed by atoms with Crippen molar-refractivity contribution in [1.29, 1.82) is 0 Å². The molecule has 19 heavy (non-hydrogen) atoms. The summed E-state index contributed by atoms with van der Waals surface area (Å²) in [5, 5.41) is 2.82. The Labute approximate surface area is 124 Å². The molecule has 1 fully saturated rings. The van der Waals surface area contributed by atoms with E-state index >= 15 is 0 Å². The number of carbonyl (C=O) groups is 1. The van der Waals surface area contributed by atoms with Crippen molar-refractivity contribution in [3.8, 4) is 0 Å². The largest absolute Gasteiger partial charge is 0.352 e. The molecule has 1 aliphatic rings. The minimum absolute atomic E-state index is 0.0205. The lowest BCUT2D eigenvalue weighted by molar-refractivity contribution is 0.0948. The first-order chi connectivity index (χ1) is 8.87. The van der Waals surface area contributed by atoms with Gasteiger partial charge in [0.15, 0.2) is 9.84 Å². The third-order valence-electron chi connectivity index (χ3n) is 2.93. The second-order valence-corrected chi connectivity index (χ2v) is 7.97. The van der Waals surface area contributed by atoms with Crippen LogP contribution in [0.25, 0.3) is 0 Å². The van der Waals surface area contributed by atoms with Crippen molar-refractivity contribution in [1.82, 2.24) is 10.3 Å². The standard InChI is InChI=1S/C11H12BrClN2O3S/c12-8-3-9(10(13)14-5-8)11(16)15-4-7-1-2-19(17,18)6-7/h3,5,7H,1-2,4,6H2,(H,15,16). The Morgan fingerprint density at radius 1 is 1.58 bits per heavy atom. The Morgan fingerprint density at radius 2 is 2.32 bits per heavy atom. The van der Waals surface area contributed by atoms with Crippen molar-refractivity contribution in [2.24, 2.45) is 5.92 Å². The summed E-state index contributed by atoms with van der Waals surface area (Å²) in [7, 11) is -2.92. The fraction of sp³-hybridized carbons (Fsp3) is 0.455. The molecule has 1 saturated heterocycles. The van der Waals surface area contributed by atoms with Crippen molar-refractivity contribution < 1.29 is 13.2 Å². The van der Waals surface area contributed by atoms with Crippen LogP contribution in [0.4, 0.5) is 0 Å². The van der Waals surface area contributed by atoms with E-state index in [2.05, 4.69) is 26.2 Å². The highest BCUT2D eigenvalue weighted by atomic mass is 79.9. The molecule has 1 unspecified atom stereocenters. The molecule has 2 heterocycles.